The Morgan fingerprint density at radius 2 is 0.781 bits per heavy atom. The molecule has 0 aromatic rings. The van der Waals surface area contributed by atoms with Crippen LogP contribution >= 0.6 is 0 Å². The smallest absolute Gasteiger partial charge is 0.0701 e. The van der Waals surface area contributed by atoms with E-state index in [4.69, 9.17) is 43.6 Å². The average Bonchev–Trinajstić information content (AvgIpc) is 2.77. The van der Waals surface area contributed by atoms with Gasteiger partial charge in [0, 0.05) is 6.54 Å². The highest BCUT2D eigenvalue weighted by atomic mass is 16.6. The second-order valence-corrected chi connectivity index (χ2v) is 7.19. The fraction of sp³-hybridized carbons (Fsp3) is 0.913. The molecule has 1 rings (SSSR count). The van der Waals surface area contributed by atoms with Crippen LogP contribution in [0.15, 0.2) is 11.6 Å². The molecule has 1 saturated carbocycles. The lowest BCUT2D eigenvalue weighted by Gasteiger charge is -2.15. The molecule has 0 spiro atoms. The Morgan fingerprint density at radius 1 is 0.469 bits per heavy atom. The van der Waals surface area contributed by atoms with Gasteiger partial charge in [-0.3, -0.25) is 0 Å². The van der Waals surface area contributed by atoms with Crippen molar-refractivity contribution in [1.29, 1.82) is 0 Å². The molecule has 0 aliphatic heterocycles. The van der Waals surface area contributed by atoms with Gasteiger partial charge in [-0.1, -0.05) is 11.6 Å². The zero-order valence-electron chi connectivity index (χ0n) is 19.8. The highest BCUT2D eigenvalue weighted by Crippen LogP contribution is 2.25. The van der Waals surface area contributed by atoms with Gasteiger partial charge in [0.2, 0.25) is 0 Å². The average molecular weight is 464 g/mol. The molecular formula is C23H45NO8. The van der Waals surface area contributed by atoms with Gasteiger partial charge in [-0.05, 0) is 25.7 Å². The van der Waals surface area contributed by atoms with E-state index in [1.165, 1.54) is 19.3 Å². The Kier molecular flexibility index (Phi) is 23.0. The summed E-state index contributed by atoms with van der Waals surface area (Å²) in [5.41, 5.74) is 6.90. The van der Waals surface area contributed by atoms with Crippen molar-refractivity contribution in [2.24, 2.45) is 5.73 Å². The Labute approximate surface area is 193 Å². The van der Waals surface area contributed by atoms with Gasteiger partial charge >= 0.3 is 0 Å². The van der Waals surface area contributed by atoms with Gasteiger partial charge in [0.1, 0.15) is 0 Å². The highest BCUT2D eigenvalue weighted by molar-refractivity contribution is 5.08. The molecule has 190 valence electrons. The molecule has 1 aliphatic carbocycles. The minimum absolute atomic E-state index is 0.535. The molecule has 0 radical (unpaired) electrons. The van der Waals surface area contributed by atoms with Crippen molar-refractivity contribution in [3.05, 3.63) is 11.6 Å². The zero-order chi connectivity index (χ0) is 22.8. The van der Waals surface area contributed by atoms with Crippen LogP contribution in [0.4, 0.5) is 0 Å². The lowest BCUT2D eigenvalue weighted by atomic mass is 9.92. The first-order valence-corrected chi connectivity index (χ1v) is 11.9. The SMILES string of the molecule is NCCOCCOCCOCCOCCOCCOCCOCCOCCC=C1CCC1. The number of ether oxygens (including phenoxy) is 8. The fourth-order valence-corrected chi connectivity index (χ4v) is 2.66. The summed E-state index contributed by atoms with van der Waals surface area (Å²) in [6, 6.07) is 0. The molecule has 32 heavy (non-hydrogen) atoms. The lowest BCUT2D eigenvalue weighted by Crippen LogP contribution is -2.15. The molecule has 0 unspecified atom stereocenters. The van der Waals surface area contributed by atoms with E-state index in [0.717, 1.165) is 13.0 Å². The van der Waals surface area contributed by atoms with E-state index in [0.29, 0.717) is 106 Å². The number of allylic oxidation sites excluding steroid dienone is 1. The van der Waals surface area contributed by atoms with Crippen LogP contribution < -0.4 is 5.73 Å². The van der Waals surface area contributed by atoms with E-state index >= 15 is 0 Å². The van der Waals surface area contributed by atoms with Crippen molar-refractivity contribution in [2.75, 3.05) is 112 Å². The first-order chi connectivity index (χ1) is 15.9. The van der Waals surface area contributed by atoms with E-state index in [9.17, 15) is 0 Å². The summed E-state index contributed by atoms with van der Waals surface area (Å²) in [5.74, 6) is 0. The third kappa shape index (κ3) is 21.2. The quantitative estimate of drug-likeness (QED) is 0.151. The van der Waals surface area contributed by atoms with Gasteiger partial charge in [0.25, 0.3) is 0 Å². The molecule has 1 aliphatic rings. The molecule has 1 fully saturated rings. The van der Waals surface area contributed by atoms with E-state index in [2.05, 4.69) is 6.08 Å². The van der Waals surface area contributed by atoms with E-state index in [-0.39, 0.29) is 0 Å². The molecule has 0 saturated heterocycles. The predicted molar refractivity (Wildman–Crippen MR) is 122 cm³/mol. The Morgan fingerprint density at radius 3 is 1.06 bits per heavy atom. The lowest BCUT2D eigenvalue weighted by molar-refractivity contribution is -0.0228. The summed E-state index contributed by atoms with van der Waals surface area (Å²) in [6.45, 7) is 9.73. The third-order valence-corrected chi connectivity index (χ3v) is 4.56. The van der Waals surface area contributed by atoms with Gasteiger partial charge < -0.3 is 43.6 Å². The van der Waals surface area contributed by atoms with Crippen molar-refractivity contribution in [2.45, 2.75) is 25.7 Å². The molecular weight excluding hydrogens is 418 g/mol. The summed E-state index contributed by atoms with van der Waals surface area (Å²) < 4.78 is 43.3. The van der Waals surface area contributed by atoms with Gasteiger partial charge in [0.15, 0.2) is 0 Å². The highest BCUT2D eigenvalue weighted by Gasteiger charge is 2.06. The fourth-order valence-electron chi connectivity index (χ4n) is 2.66. The standard InChI is InChI=1S/C23H45NO8/c24-6-8-26-10-12-28-14-16-30-18-20-32-22-21-31-19-17-29-15-13-27-11-9-25-7-2-5-23-3-1-4-23/h5H,1-4,6-22,24H2. The van der Waals surface area contributed by atoms with E-state index in [1.807, 2.05) is 0 Å². The summed E-state index contributed by atoms with van der Waals surface area (Å²) >= 11 is 0. The molecule has 9 nitrogen and oxygen atoms in total. The van der Waals surface area contributed by atoms with Gasteiger partial charge in [0.05, 0.1) is 106 Å². The Balaban J connectivity index is 1.60. The van der Waals surface area contributed by atoms with Crippen LogP contribution in [0.3, 0.4) is 0 Å². The van der Waals surface area contributed by atoms with E-state index in [1.54, 1.807) is 5.57 Å². The maximum Gasteiger partial charge on any atom is 0.0701 e. The summed E-state index contributed by atoms with van der Waals surface area (Å²) in [7, 11) is 0. The molecule has 0 heterocycles. The van der Waals surface area contributed by atoms with Gasteiger partial charge in [-0.2, -0.15) is 0 Å². The number of hydrogen-bond donors (Lipinski definition) is 1. The maximum absolute atomic E-state index is 5.53. The van der Waals surface area contributed by atoms with Crippen molar-refractivity contribution < 1.29 is 37.9 Å². The van der Waals surface area contributed by atoms with E-state index < -0.39 is 0 Å². The minimum Gasteiger partial charge on any atom is -0.379 e. The van der Waals surface area contributed by atoms with Crippen molar-refractivity contribution in [3.63, 3.8) is 0 Å². The topological polar surface area (TPSA) is 99.9 Å². The molecule has 0 bridgehead atoms. The second kappa shape index (κ2) is 25.0. The Hall–Kier alpha value is -0.620. The van der Waals surface area contributed by atoms with Crippen LogP contribution in [-0.4, -0.2) is 112 Å². The first-order valence-electron chi connectivity index (χ1n) is 11.9. The van der Waals surface area contributed by atoms with Gasteiger partial charge in [-0.15, -0.1) is 0 Å². The number of hydrogen-bond acceptors (Lipinski definition) is 9. The minimum atomic E-state index is 0.535. The van der Waals surface area contributed by atoms with Crippen molar-refractivity contribution in [1.82, 2.24) is 0 Å². The van der Waals surface area contributed by atoms with Crippen LogP contribution in [0.25, 0.3) is 0 Å². The molecule has 9 heteroatoms. The monoisotopic (exact) mass is 463 g/mol. The molecule has 2 N–H and O–H groups in total. The predicted octanol–water partition coefficient (Wildman–Crippen LogP) is 1.58. The van der Waals surface area contributed by atoms with Crippen LogP contribution in [0.1, 0.15) is 25.7 Å². The van der Waals surface area contributed by atoms with Crippen LogP contribution in [0.5, 0.6) is 0 Å². The second-order valence-electron chi connectivity index (χ2n) is 7.19. The molecule has 0 atom stereocenters. The van der Waals surface area contributed by atoms with Crippen LogP contribution in [-0.2, 0) is 37.9 Å². The van der Waals surface area contributed by atoms with Gasteiger partial charge in [-0.25, -0.2) is 0 Å². The summed E-state index contributed by atoms with van der Waals surface area (Å²) in [5, 5.41) is 0. The molecule has 0 aromatic carbocycles. The number of rotatable bonds is 26. The Bertz CT molecular complexity index is 405. The zero-order valence-corrected chi connectivity index (χ0v) is 19.8. The van der Waals surface area contributed by atoms with Crippen molar-refractivity contribution in [3.8, 4) is 0 Å². The van der Waals surface area contributed by atoms with Crippen LogP contribution in [0.2, 0.25) is 0 Å². The third-order valence-electron chi connectivity index (χ3n) is 4.56. The summed E-state index contributed by atoms with van der Waals surface area (Å²) in [4.78, 5) is 0. The normalized spacial score (nSPS) is 13.5. The molecule has 0 aromatic heterocycles. The van der Waals surface area contributed by atoms with Crippen molar-refractivity contribution >= 4 is 0 Å². The number of nitrogens with two attached hydrogens (primary N) is 1. The summed E-state index contributed by atoms with van der Waals surface area (Å²) in [6.07, 6.45) is 7.23. The maximum atomic E-state index is 5.53. The van der Waals surface area contributed by atoms with Crippen LogP contribution in [0, 0.1) is 0 Å². The molecule has 0 amide bonds. The first kappa shape index (κ1) is 29.4. The largest absolute Gasteiger partial charge is 0.379 e.